The Hall–Kier alpha value is -2.04. The van der Waals surface area contributed by atoms with Crippen molar-refractivity contribution in [3.8, 4) is 5.75 Å². The number of nitrogens with zero attached hydrogens (tertiary/aromatic N) is 1. The van der Waals surface area contributed by atoms with Gasteiger partial charge in [-0.1, -0.05) is 31.3 Å². The lowest BCUT2D eigenvalue weighted by molar-refractivity contribution is -0.123. The minimum absolute atomic E-state index is 0.0173. The van der Waals surface area contributed by atoms with Crippen LogP contribution in [0.5, 0.6) is 5.75 Å². The van der Waals surface area contributed by atoms with Crippen molar-refractivity contribution in [1.82, 2.24) is 5.32 Å². The van der Waals surface area contributed by atoms with Crippen LogP contribution >= 0.6 is 0 Å². The molecule has 5 heteroatoms. The smallest absolute Gasteiger partial charge is 0.223 e. The van der Waals surface area contributed by atoms with Crippen molar-refractivity contribution < 1.29 is 14.7 Å². The molecule has 1 heterocycles. The first-order chi connectivity index (χ1) is 10.7. The number of nitrogens with one attached hydrogen (secondary N) is 1. The molecule has 0 fully saturated rings. The molecule has 0 saturated carbocycles. The Kier molecular flexibility index (Phi) is 6.25. The molecule has 0 bridgehead atoms. The van der Waals surface area contributed by atoms with E-state index < -0.39 is 0 Å². The molecule has 2 N–H and O–H groups in total. The van der Waals surface area contributed by atoms with Crippen molar-refractivity contribution >= 4 is 11.6 Å². The molecule has 22 heavy (non-hydrogen) atoms. The maximum Gasteiger partial charge on any atom is 0.223 e. The van der Waals surface area contributed by atoms with E-state index in [0.717, 1.165) is 30.7 Å². The minimum atomic E-state index is -0.195. The Balaban J connectivity index is 1.69. The number of amides is 1. The van der Waals surface area contributed by atoms with Crippen LogP contribution in [-0.4, -0.2) is 29.4 Å². The van der Waals surface area contributed by atoms with Crippen LogP contribution in [0.3, 0.4) is 0 Å². The lowest BCUT2D eigenvalue weighted by Crippen LogP contribution is -2.28. The van der Waals surface area contributed by atoms with Crippen LogP contribution in [0.1, 0.15) is 51.0 Å². The van der Waals surface area contributed by atoms with Crippen molar-refractivity contribution in [3.63, 3.8) is 0 Å². The van der Waals surface area contributed by atoms with Gasteiger partial charge in [-0.2, -0.15) is 0 Å². The molecule has 120 valence electrons. The summed E-state index contributed by atoms with van der Waals surface area (Å²) in [5, 5.41) is 16.3. The minimum Gasteiger partial charge on any atom is -0.508 e. The number of aromatic hydroxyl groups is 1. The van der Waals surface area contributed by atoms with Crippen LogP contribution in [0.4, 0.5) is 0 Å². The predicted octanol–water partition coefficient (Wildman–Crippen LogP) is 2.97. The molecule has 1 aliphatic rings. The Morgan fingerprint density at radius 2 is 2.09 bits per heavy atom. The molecular formula is C17H24N2O3. The van der Waals surface area contributed by atoms with Gasteiger partial charge in [0.05, 0.1) is 12.1 Å². The zero-order chi connectivity index (χ0) is 15.8. The summed E-state index contributed by atoms with van der Waals surface area (Å²) in [4.78, 5) is 17.2. The summed E-state index contributed by atoms with van der Waals surface area (Å²) in [7, 11) is 0. The van der Waals surface area contributed by atoms with Crippen molar-refractivity contribution in [2.75, 3.05) is 6.54 Å². The fraction of sp³-hybridized carbons (Fsp3) is 0.529. The zero-order valence-electron chi connectivity index (χ0n) is 13.0. The average Bonchev–Trinajstić information content (AvgIpc) is 2.96. The molecule has 1 atom stereocenters. The Morgan fingerprint density at radius 1 is 1.32 bits per heavy atom. The summed E-state index contributed by atoms with van der Waals surface area (Å²) in [6, 6.07) is 6.84. The molecule has 1 aromatic rings. The highest BCUT2D eigenvalue weighted by atomic mass is 16.6. The van der Waals surface area contributed by atoms with E-state index in [-0.39, 0.29) is 17.8 Å². The molecule has 1 amide bonds. The number of benzene rings is 1. The lowest BCUT2D eigenvalue weighted by Gasteiger charge is -2.09. The van der Waals surface area contributed by atoms with E-state index in [1.54, 1.807) is 24.3 Å². The summed E-state index contributed by atoms with van der Waals surface area (Å²) in [5.41, 5.74) is 1.74. The summed E-state index contributed by atoms with van der Waals surface area (Å²) in [6.07, 6.45) is 5.35. The molecule has 0 saturated heterocycles. The first-order valence-corrected chi connectivity index (χ1v) is 7.98. The topological polar surface area (TPSA) is 70.9 Å². The third kappa shape index (κ3) is 5.06. The maximum atomic E-state index is 11.8. The first kappa shape index (κ1) is 16.3. The number of unbranched alkanes of at least 4 members (excludes halogenated alkanes) is 3. The van der Waals surface area contributed by atoms with Crippen LogP contribution in [0.25, 0.3) is 0 Å². The second-order valence-corrected chi connectivity index (χ2v) is 5.63. The van der Waals surface area contributed by atoms with Crippen LogP contribution in [0.15, 0.2) is 29.4 Å². The highest BCUT2D eigenvalue weighted by molar-refractivity contribution is 6.01. The summed E-state index contributed by atoms with van der Waals surface area (Å²) in [5.74, 6) is 0.242. The Morgan fingerprint density at radius 3 is 2.82 bits per heavy atom. The van der Waals surface area contributed by atoms with Gasteiger partial charge in [-0.3, -0.25) is 4.79 Å². The maximum absolute atomic E-state index is 11.8. The highest BCUT2D eigenvalue weighted by Gasteiger charge is 2.24. The van der Waals surface area contributed by atoms with Crippen molar-refractivity contribution in [1.29, 1.82) is 0 Å². The number of oxime groups is 1. The number of carbonyl (C=O) groups excluding carboxylic acids is 1. The fourth-order valence-electron chi connectivity index (χ4n) is 2.42. The lowest BCUT2D eigenvalue weighted by atomic mass is 10.0. The van der Waals surface area contributed by atoms with Crippen molar-refractivity contribution in [2.24, 2.45) is 5.16 Å². The van der Waals surface area contributed by atoms with Gasteiger partial charge in [0.15, 0.2) is 0 Å². The highest BCUT2D eigenvalue weighted by Crippen LogP contribution is 2.20. The van der Waals surface area contributed by atoms with Gasteiger partial charge < -0.3 is 15.3 Å². The molecule has 0 aliphatic carbocycles. The van der Waals surface area contributed by atoms with Crippen LogP contribution < -0.4 is 5.32 Å². The average molecular weight is 304 g/mol. The molecule has 0 radical (unpaired) electrons. The molecular weight excluding hydrogens is 280 g/mol. The molecule has 1 aliphatic heterocycles. The predicted molar refractivity (Wildman–Crippen MR) is 85.9 cm³/mol. The van der Waals surface area contributed by atoms with Gasteiger partial charge in [0, 0.05) is 13.0 Å². The van der Waals surface area contributed by atoms with Crippen LogP contribution in [0, 0.1) is 0 Å². The molecule has 0 aromatic heterocycles. The van der Waals surface area contributed by atoms with Crippen LogP contribution in [-0.2, 0) is 9.63 Å². The van der Waals surface area contributed by atoms with Gasteiger partial charge in [0.2, 0.25) is 5.91 Å². The number of hydrogen-bond donors (Lipinski definition) is 2. The fourth-order valence-corrected chi connectivity index (χ4v) is 2.42. The normalized spacial score (nSPS) is 17.0. The summed E-state index contributed by atoms with van der Waals surface area (Å²) in [6.45, 7) is 2.90. The van der Waals surface area contributed by atoms with E-state index >= 15 is 0 Å². The van der Waals surface area contributed by atoms with Gasteiger partial charge in [0.25, 0.3) is 0 Å². The number of carbonyl (C=O) groups is 1. The van der Waals surface area contributed by atoms with Gasteiger partial charge in [-0.25, -0.2) is 0 Å². The molecule has 0 spiro atoms. The van der Waals surface area contributed by atoms with E-state index in [1.165, 1.54) is 12.8 Å². The number of phenols is 1. The third-order valence-corrected chi connectivity index (χ3v) is 3.70. The number of hydrogen-bond acceptors (Lipinski definition) is 4. The van der Waals surface area contributed by atoms with E-state index in [2.05, 4.69) is 17.4 Å². The van der Waals surface area contributed by atoms with Gasteiger partial charge in [0.1, 0.15) is 11.9 Å². The van der Waals surface area contributed by atoms with Crippen LogP contribution in [0.2, 0.25) is 0 Å². The summed E-state index contributed by atoms with van der Waals surface area (Å²) >= 11 is 0. The first-order valence-electron chi connectivity index (χ1n) is 7.98. The van der Waals surface area contributed by atoms with E-state index in [4.69, 9.17) is 4.84 Å². The van der Waals surface area contributed by atoms with Gasteiger partial charge >= 0.3 is 0 Å². The second-order valence-electron chi connectivity index (χ2n) is 5.63. The van der Waals surface area contributed by atoms with E-state index in [0.29, 0.717) is 12.8 Å². The molecule has 5 nitrogen and oxygen atoms in total. The molecule has 1 aromatic carbocycles. The zero-order valence-corrected chi connectivity index (χ0v) is 13.0. The third-order valence-electron chi connectivity index (χ3n) is 3.70. The molecule has 1 unspecified atom stereocenters. The monoisotopic (exact) mass is 304 g/mol. The van der Waals surface area contributed by atoms with Crippen molar-refractivity contribution in [2.45, 2.75) is 51.6 Å². The van der Waals surface area contributed by atoms with E-state index in [9.17, 15) is 9.90 Å². The standard InChI is InChI=1S/C17H24N2O3/c1-2-3-4-5-10-18-17(21)12-15-11-16(19-22-15)13-6-8-14(20)9-7-13/h6-9,15,20H,2-5,10-12H2,1H3,(H,18,21). The largest absolute Gasteiger partial charge is 0.508 e. The molecule has 2 rings (SSSR count). The van der Waals surface area contributed by atoms with E-state index in [1.807, 2.05) is 0 Å². The Labute approximate surface area is 131 Å². The SMILES string of the molecule is CCCCCCNC(=O)CC1CC(c2ccc(O)cc2)=NO1. The quantitative estimate of drug-likeness (QED) is 0.725. The Bertz CT molecular complexity index is 511. The van der Waals surface area contributed by atoms with Crippen molar-refractivity contribution in [3.05, 3.63) is 29.8 Å². The van der Waals surface area contributed by atoms with Gasteiger partial charge in [-0.05, 0) is 36.2 Å². The number of rotatable bonds is 8. The summed E-state index contributed by atoms with van der Waals surface area (Å²) < 4.78 is 0. The van der Waals surface area contributed by atoms with Gasteiger partial charge in [-0.15, -0.1) is 0 Å². The second kappa shape index (κ2) is 8.41. The number of phenolic OH excluding ortho intramolecular Hbond substituents is 1.